The molecule has 30 heavy (non-hydrogen) atoms. The van der Waals surface area contributed by atoms with E-state index in [1.165, 1.54) is 6.26 Å². The van der Waals surface area contributed by atoms with E-state index in [1.54, 1.807) is 35.4 Å². The Balaban J connectivity index is 1.74. The molecule has 9 heteroatoms. The lowest BCUT2D eigenvalue weighted by Gasteiger charge is -2.33. The predicted octanol–water partition coefficient (Wildman–Crippen LogP) is 4.32. The predicted molar refractivity (Wildman–Crippen MR) is 115 cm³/mol. The van der Waals surface area contributed by atoms with E-state index in [0.29, 0.717) is 29.5 Å². The van der Waals surface area contributed by atoms with Gasteiger partial charge < -0.3 is 9.64 Å². The van der Waals surface area contributed by atoms with Gasteiger partial charge in [-0.15, -0.1) is 0 Å². The Morgan fingerprint density at radius 1 is 1.17 bits per heavy atom. The lowest BCUT2D eigenvalue weighted by molar-refractivity contribution is 0.0204. The molecule has 1 aromatic carbocycles. The molecule has 0 aliphatic carbocycles. The zero-order chi connectivity index (χ0) is 22.1. The number of carbonyl (C=O) groups excluding carboxylic acids is 1. The van der Waals surface area contributed by atoms with Crippen molar-refractivity contribution in [1.29, 1.82) is 0 Å². The summed E-state index contributed by atoms with van der Waals surface area (Å²) in [6.45, 7) is 6.68. The highest BCUT2D eigenvalue weighted by atomic mass is 35.5. The van der Waals surface area contributed by atoms with Crippen LogP contribution in [0, 0.1) is 0 Å². The molecule has 0 atom stereocenters. The number of nitrogens with zero attached hydrogens (tertiary/aromatic N) is 3. The van der Waals surface area contributed by atoms with E-state index in [1.807, 2.05) is 20.8 Å². The van der Waals surface area contributed by atoms with Crippen molar-refractivity contribution in [3.05, 3.63) is 41.2 Å². The van der Waals surface area contributed by atoms with Gasteiger partial charge in [-0.2, -0.15) is 0 Å². The van der Waals surface area contributed by atoms with Crippen LogP contribution >= 0.6 is 11.6 Å². The third-order valence-electron chi connectivity index (χ3n) is 4.85. The average molecular weight is 452 g/mol. The van der Waals surface area contributed by atoms with Gasteiger partial charge in [-0.1, -0.05) is 11.6 Å². The molecule has 2 heterocycles. The summed E-state index contributed by atoms with van der Waals surface area (Å²) in [6.07, 6.45) is 3.89. The van der Waals surface area contributed by atoms with E-state index in [9.17, 15) is 13.2 Å². The number of carbonyl (C=O) groups is 1. The number of rotatable bonds is 3. The maximum Gasteiger partial charge on any atom is 0.410 e. The van der Waals surface area contributed by atoms with Crippen LogP contribution in [0.5, 0.6) is 0 Å². The molecule has 0 bridgehead atoms. The number of hydrogen-bond acceptors (Lipinski definition) is 6. The Labute approximate surface area is 182 Å². The van der Waals surface area contributed by atoms with Gasteiger partial charge in [0.15, 0.2) is 15.7 Å². The van der Waals surface area contributed by atoms with Crippen molar-refractivity contribution in [2.24, 2.45) is 0 Å². The molecule has 1 saturated heterocycles. The second-order valence-corrected chi connectivity index (χ2v) is 10.9. The standard InChI is InChI=1S/C21H26ClN3O4S/c1-21(2,3)29-20(26)25-11-9-14(10-12-25)18-17(22)13-23-19(24-18)15-5-7-16(8-6-15)30(4,27)28/h5-8,13-14H,9-12H2,1-4H3. The summed E-state index contributed by atoms with van der Waals surface area (Å²) in [6, 6.07) is 6.46. The number of piperidine rings is 1. The molecule has 1 aliphatic rings. The highest BCUT2D eigenvalue weighted by Crippen LogP contribution is 2.33. The lowest BCUT2D eigenvalue weighted by atomic mass is 9.93. The first-order valence-corrected chi connectivity index (χ1v) is 12.0. The molecule has 1 aromatic heterocycles. The van der Waals surface area contributed by atoms with E-state index >= 15 is 0 Å². The van der Waals surface area contributed by atoms with Crippen molar-refractivity contribution in [2.75, 3.05) is 19.3 Å². The van der Waals surface area contributed by atoms with Gasteiger partial charge >= 0.3 is 6.09 Å². The topological polar surface area (TPSA) is 89.5 Å². The van der Waals surface area contributed by atoms with Crippen molar-refractivity contribution in [2.45, 2.75) is 50.0 Å². The van der Waals surface area contributed by atoms with Gasteiger partial charge in [0.05, 0.1) is 15.6 Å². The van der Waals surface area contributed by atoms with Crippen molar-refractivity contribution in [3.63, 3.8) is 0 Å². The zero-order valence-corrected chi connectivity index (χ0v) is 19.1. The Kier molecular flexibility index (Phi) is 6.38. The number of sulfone groups is 1. The van der Waals surface area contributed by atoms with Crippen molar-refractivity contribution in [1.82, 2.24) is 14.9 Å². The molecule has 3 rings (SSSR count). The van der Waals surface area contributed by atoms with Crippen molar-refractivity contribution >= 4 is 27.5 Å². The fraction of sp³-hybridized carbons (Fsp3) is 0.476. The Morgan fingerprint density at radius 2 is 1.77 bits per heavy atom. The second-order valence-electron chi connectivity index (χ2n) is 8.46. The highest BCUT2D eigenvalue weighted by Gasteiger charge is 2.29. The smallest absolute Gasteiger partial charge is 0.410 e. The van der Waals surface area contributed by atoms with Gasteiger partial charge in [0.2, 0.25) is 0 Å². The first-order valence-electron chi connectivity index (χ1n) is 9.75. The number of hydrogen-bond donors (Lipinski definition) is 0. The fourth-order valence-corrected chi connectivity index (χ4v) is 4.19. The number of benzene rings is 1. The van der Waals surface area contributed by atoms with Gasteiger partial charge in [-0.05, 0) is 57.9 Å². The van der Waals surface area contributed by atoms with Gasteiger partial charge in [0, 0.05) is 37.0 Å². The molecule has 162 valence electrons. The fourth-order valence-electron chi connectivity index (χ4n) is 3.32. The van der Waals surface area contributed by atoms with Gasteiger partial charge in [-0.3, -0.25) is 0 Å². The van der Waals surface area contributed by atoms with E-state index in [0.717, 1.165) is 18.5 Å². The van der Waals surface area contributed by atoms with Gasteiger partial charge in [0.1, 0.15) is 5.60 Å². The summed E-state index contributed by atoms with van der Waals surface area (Å²) >= 11 is 6.38. The molecule has 1 amide bonds. The summed E-state index contributed by atoms with van der Waals surface area (Å²) in [7, 11) is -3.26. The third kappa shape index (κ3) is 5.49. The van der Waals surface area contributed by atoms with Crippen molar-refractivity contribution < 1.29 is 17.9 Å². The monoisotopic (exact) mass is 451 g/mol. The minimum Gasteiger partial charge on any atom is -0.444 e. The van der Waals surface area contributed by atoms with Crippen LogP contribution in [0.4, 0.5) is 4.79 Å². The van der Waals surface area contributed by atoms with Crippen molar-refractivity contribution in [3.8, 4) is 11.4 Å². The summed E-state index contributed by atoms with van der Waals surface area (Å²) in [5.41, 5.74) is 0.940. The Bertz CT molecular complexity index is 1030. The normalized spacial score (nSPS) is 15.8. The maximum atomic E-state index is 12.3. The van der Waals surface area contributed by atoms with Gasteiger partial charge in [-0.25, -0.2) is 23.2 Å². The minimum atomic E-state index is -3.26. The molecule has 1 aliphatic heterocycles. The molecule has 1 fully saturated rings. The van der Waals surface area contributed by atoms with E-state index in [2.05, 4.69) is 9.97 Å². The van der Waals surface area contributed by atoms with Crippen LogP contribution in [0.1, 0.15) is 45.2 Å². The third-order valence-corrected chi connectivity index (χ3v) is 6.26. The summed E-state index contributed by atoms with van der Waals surface area (Å²) in [5, 5.41) is 0.488. The molecule has 0 spiro atoms. The number of aromatic nitrogens is 2. The molecular weight excluding hydrogens is 426 g/mol. The number of amides is 1. The molecule has 2 aromatic rings. The lowest BCUT2D eigenvalue weighted by Crippen LogP contribution is -2.41. The zero-order valence-electron chi connectivity index (χ0n) is 17.6. The maximum absolute atomic E-state index is 12.3. The molecule has 0 saturated carbocycles. The number of ether oxygens (including phenoxy) is 1. The van der Waals surface area contributed by atoms with Crippen LogP contribution in [0.25, 0.3) is 11.4 Å². The van der Waals surface area contributed by atoms with Crippen LogP contribution in [-0.2, 0) is 14.6 Å². The van der Waals surface area contributed by atoms with Gasteiger partial charge in [0.25, 0.3) is 0 Å². The van der Waals surface area contributed by atoms with Crippen LogP contribution in [0.2, 0.25) is 5.02 Å². The molecule has 0 radical (unpaired) electrons. The first kappa shape index (κ1) is 22.5. The minimum absolute atomic E-state index is 0.105. The number of halogens is 1. The van der Waals surface area contributed by atoms with E-state index < -0.39 is 15.4 Å². The van der Waals surface area contributed by atoms with E-state index in [-0.39, 0.29) is 16.9 Å². The molecule has 0 N–H and O–H groups in total. The molecular formula is C21H26ClN3O4S. The molecule has 0 unspecified atom stereocenters. The highest BCUT2D eigenvalue weighted by molar-refractivity contribution is 7.90. The second kappa shape index (κ2) is 8.51. The quantitative estimate of drug-likeness (QED) is 0.690. The Hall–Kier alpha value is -2.19. The van der Waals surface area contributed by atoms with Crippen LogP contribution in [0.15, 0.2) is 35.4 Å². The largest absolute Gasteiger partial charge is 0.444 e. The summed E-state index contributed by atoms with van der Waals surface area (Å²) in [5.74, 6) is 0.595. The average Bonchev–Trinajstić information content (AvgIpc) is 2.67. The number of likely N-dealkylation sites (tertiary alicyclic amines) is 1. The van der Waals surface area contributed by atoms with Crippen LogP contribution < -0.4 is 0 Å². The molecule has 7 nitrogen and oxygen atoms in total. The van der Waals surface area contributed by atoms with E-state index in [4.69, 9.17) is 16.3 Å². The summed E-state index contributed by atoms with van der Waals surface area (Å²) in [4.78, 5) is 23.2. The Morgan fingerprint density at radius 3 is 2.30 bits per heavy atom. The first-order chi connectivity index (χ1) is 13.9. The SMILES string of the molecule is CC(C)(C)OC(=O)N1CCC(c2nc(-c3ccc(S(C)(=O)=O)cc3)ncc2Cl)CC1. The van der Waals surface area contributed by atoms with Crippen LogP contribution in [-0.4, -0.2) is 54.3 Å². The summed E-state index contributed by atoms with van der Waals surface area (Å²) < 4.78 is 28.7. The van der Waals surface area contributed by atoms with Crippen LogP contribution in [0.3, 0.4) is 0 Å².